The summed E-state index contributed by atoms with van der Waals surface area (Å²) < 4.78 is 6.27. The molecule has 0 radical (unpaired) electrons. The van der Waals surface area contributed by atoms with Crippen LogP contribution in [0.1, 0.15) is 63.9 Å². The van der Waals surface area contributed by atoms with Gasteiger partial charge >= 0.3 is 0 Å². The predicted molar refractivity (Wildman–Crippen MR) is 143 cm³/mol. The third-order valence-corrected chi connectivity index (χ3v) is 9.60. The van der Waals surface area contributed by atoms with Crippen LogP contribution in [-0.2, 0) is 9.59 Å². The number of benzene rings is 1. The maximum absolute atomic E-state index is 13.8. The summed E-state index contributed by atoms with van der Waals surface area (Å²) in [6, 6.07) is 6.90. The van der Waals surface area contributed by atoms with Crippen LogP contribution in [0.25, 0.3) is 0 Å². The SMILES string of the molecule is CC(C)=CC(=O)N(CC12CC3CC(CC(C3)C1)C2)C1C=C(C(=O)NCCO)C2c3ccccc3OC2C1O. The second kappa shape index (κ2) is 9.83. The van der Waals surface area contributed by atoms with Crippen LogP contribution < -0.4 is 10.1 Å². The van der Waals surface area contributed by atoms with Crippen LogP contribution >= 0.6 is 0 Å². The zero-order valence-electron chi connectivity index (χ0n) is 22.4. The molecule has 6 aliphatic rings. The summed E-state index contributed by atoms with van der Waals surface area (Å²) in [5.74, 6) is 2.03. The van der Waals surface area contributed by atoms with E-state index in [-0.39, 0.29) is 30.4 Å². The van der Waals surface area contributed by atoms with Crippen molar-refractivity contribution in [2.24, 2.45) is 23.2 Å². The molecule has 4 atom stereocenters. The molecule has 7 heteroatoms. The average Bonchev–Trinajstić information content (AvgIpc) is 3.25. The van der Waals surface area contributed by atoms with Gasteiger partial charge in [-0.1, -0.05) is 23.8 Å². The Morgan fingerprint density at radius 2 is 1.76 bits per heavy atom. The molecule has 38 heavy (non-hydrogen) atoms. The lowest BCUT2D eigenvalue weighted by Gasteiger charge is -2.58. The maximum Gasteiger partial charge on any atom is 0.247 e. The summed E-state index contributed by atoms with van der Waals surface area (Å²) in [5, 5.41) is 23.9. The van der Waals surface area contributed by atoms with Crippen LogP contribution in [0.4, 0.5) is 0 Å². The molecule has 4 saturated carbocycles. The third kappa shape index (κ3) is 4.47. The summed E-state index contributed by atoms with van der Waals surface area (Å²) in [6.45, 7) is 4.39. The molecule has 1 aliphatic heterocycles. The van der Waals surface area contributed by atoms with Crippen LogP contribution in [-0.4, -0.2) is 64.9 Å². The summed E-state index contributed by atoms with van der Waals surface area (Å²) in [7, 11) is 0. The van der Waals surface area contributed by atoms with E-state index in [9.17, 15) is 19.8 Å². The molecule has 4 unspecified atom stereocenters. The molecule has 204 valence electrons. The van der Waals surface area contributed by atoms with Crippen molar-refractivity contribution in [3.05, 3.63) is 53.1 Å². The van der Waals surface area contributed by atoms with E-state index in [1.807, 2.05) is 43.0 Å². The van der Waals surface area contributed by atoms with Gasteiger partial charge < -0.3 is 25.2 Å². The number of carbonyl (C=O) groups excluding carboxylic acids is 2. The molecule has 1 aromatic carbocycles. The Morgan fingerprint density at radius 1 is 1.11 bits per heavy atom. The van der Waals surface area contributed by atoms with Crippen molar-refractivity contribution in [2.45, 2.75) is 76.5 Å². The number of fused-ring (bicyclic) bond motifs is 3. The fourth-order valence-corrected chi connectivity index (χ4v) is 8.70. The quantitative estimate of drug-likeness (QED) is 0.479. The van der Waals surface area contributed by atoms with Crippen molar-refractivity contribution in [1.82, 2.24) is 10.2 Å². The summed E-state index contributed by atoms with van der Waals surface area (Å²) in [5.41, 5.74) is 2.33. The first-order valence-electron chi connectivity index (χ1n) is 14.3. The van der Waals surface area contributed by atoms with E-state index in [2.05, 4.69) is 5.32 Å². The lowest BCUT2D eigenvalue weighted by molar-refractivity contribution is -0.140. The Bertz CT molecular complexity index is 1130. The van der Waals surface area contributed by atoms with Crippen molar-refractivity contribution in [3.8, 4) is 5.75 Å². The van der Waals surface area contributed by atoms with Gasteiger partial charge in [-0.15, -0.1) is 0 Å². The lowest BCUT2D eigenvalue weighted by atomic mass is 9.49. The van der Waals surface area contributed by atoms with E-state index in [1.165, 1.54) is 19.3 Å². The monoisotopic (exact) mass is 520 g/mol. The van der Waals surface area contributed by atoms with Crippen LogP contribution in [0.5, 0.6) is 5.75 Å². The van der Waals surface area contributed by atoms with Crippen LogP contribution in [0.15, 0.2) is 47.6 Å². The zero-order chi connectivity index (χ0) is 26.6. The van der Waals surface area contributed by atoms with Gasteiger partial charge in [-0.3, -0.25) is 9.59 Å². The second-order valence-corrected chi connectivity index (χ2v) is 12.8. The van der Waals surface area contributed by atoms with Gasteiger partial charge in [0.2, 0.25) is 11.8 Å². The lowest BCUT2D eigenvalue weighted by Crippen LogP contribution is -2.59. The number of aliphatic hydroxyl groups is 2. The van der Waals surface area contributed by atoms with Gasteiger partial charge in [0.1, 0.15) is 18.0 Å². The smallest absolute Gasteiger partial charge is 0.247 e. The van der Waals surface area contributed by atoms with Gasteiger partial charge in [-0.25, -0.2) is 0 Å². The number of hydrogen-bond acceptors (Lipinski definition) is 5. The van der Waals surface area contributed by atoms with E-state index in [0.29, 0.717) is 17.9 Å². The number of aliphatic hydroxyl groups excluding tert-OH is 2. The van der Waals surface area contributed by atoms with E-state index < -0.39 is 24.2 Å². The average molecular weight is 521 g/mol. The molecule has 1 heterocycles. The molecular formula is C31H40N2O5. The molecule has 0 aromatic heterocycles. The number of carbonyl (C=O) groups is 2. The number of ether oxygens (including phenoxy) is 1. The van der Waals surface area contributed by atoms with E-state index >= 15 is 0 Å². The Kier molecular flexibility index (Phi) is 6.63. The number of hydrogen-bond donors (Lipinski definition) is 3. The highest BCUT2D eigenvalue weighted by Crippen LogP contribution is 2.60. The van der Waals surface area contributed by atoms with Crippen molar-refractivity contribution in [2.75, 3.05) is 19.7 Å². The van der Waals surface area contributed by atoms with Crippen molar-refractivity contribution in [1.29, 1.82) is 0 Å². The number of rotatable bonds is 7. The fourth-order valence-electron chi connectivity index (χ4n) is 8.70. The number of amides is 2. The minimum absolute atomic E-state index is 0.0725. The van der Waals surface area contributed by atoms with E-state index in [0.717, 1.165) is 48.2 Å². The van der Waals surface area contributed by atoms with Crippen LogP contribution in [0, 0.1) is 23.2 Å². The van der Waals surface area contributed by atoms with Gasteiger partial charge in [0.25, 0.3) is 0 Å². The molecule has 7 nitrogen and oxygen atoms in total. The summed E-state index contributed by atoms with van der Waals surface area (Å²) >= 11 is 0. The molecular weight excluding hydrogens is 480 g/mol. The molecule has 0 saturated heterocycles. The number of allylic oxidation sites excluding steroid dienone is 1. The zero-order valence-corrected chi connectivity index (χ0v) is 22.4. The minimum Gasteiger partial charge on any atom is -0.486 e. The first kappa shape index (κ1) is 25.6. The summed E-state index contributed by atoms with van der Waals surface area (Å²) in [4.78, 5) is 29.1. The van der Waals surface area contributed by atoms with E-state index in [4.69, 9.17) is 4.74 Å². The van der Waals surface area contributed by atoms with Crippen molar-refractivity contribution < 1.29 is 24.5 Å². The predicted octanol–water partition coefficient (Wildman–Crippen LogP) is 3.32. The molecule has 4 bridgehead atoms. The standard InChI is InChI=1S/C31H40N2O5/c1-18(2)9-26(35)33(17-31-14-19-10-20(15-31)12-21(11-19)16-31)24-13-23(30(37)32-7-8-34)27-22-5-3-4-6-25(22)38-29(27)28(24)36/h3-6,9,13,19-21,24,27-29,34,36H,7-8,10-12,14-17H2,1-2H3,(H,32,37). The highest BCUT2D eigenvalue weighted by atomic mass is 16.5. The van der Waals surface area contributed by atoms with Gasteiger partial charge in [0, 0.05) is 30.3 Å². The first-order valence-corrected chi connectivity index (χ1v) is 14.3. The van der Waals surface area contributed by atoms with Crippen LogP contribution in [0.2, 0.25) is 0 Å². The Labute approximate surface area is 224 Å². The highest BCUT2D eigenvalue weighted by Gasteiger charge is 2.54. The van der Waals surface area contributed by atoms with Gasteiger partial charge in [-0.05, 0) is 87.7 Å². The molecule has 3 N–H and O–H groups in total. The molecule has 2 amide bonds. The number of para-hydroxylation sites is 1. The minimum atomic E-state index is -0.981. The second-order valence-electron chi connectivity index (χ2n) is 12.8. The normalized spacial score (nSPS) is 36.0. The fraction of sp³-hybridized carbons (Fsp3) is 0.613. The van der Waals surface area contributed by atoms with E-state index in [1.54, 1.807) is 12.2 Å². The van der Waals surface area contributed by atoms with Gasteiger partial charge in [-0.2, -0.15) is 0 Å². The van der Waals surface area contributed by atoms with Gasteiger partial charge in [0.05, 0.1) is 18.6 Å². The van der Waals surface area contributed by atoms with Crippen molar-refractivity contribution >= 4 is 11.8 Å². The first-order chi connectivity index (χ1) is 18.3. The molecule has 1 aromatic rings. The van der Waals surface area contributed by atoms with Gasteiger partial charge in [0.15, 0.2) is 0 Å². The molecule has 7 rings (SSSR count). The Morgan fingerprint density at radius 3 is 2.39 bits per heavy atom. The molecule has 5 aliphatic carbocycles. The Hall–Kier alpha value is -2.64. The molecule has 4 fully saturated rings. The van der Waals surface area contributed by atoms with Crippen molar-refractivity contribution in [3.63, 3.8) is 0 Å². The third-order valence-electron chi connectivity index (χ3n) is 9.60. The highest BCUT2D eigenvalue weighted by molar-refractivity contribution is 5.96. The number of nitrogens with one attached hydrogen (secondary N) is 1. The topological polar surface area (TPSA) is 99.1 Å². The molecule has 0 spiro atoms. The maximum atomic E-state index is 13.8. The number of nitrogens with zero attached hydrogens (tertiary/aromatic N) is 1. The Balaban J connectivity index is 1.39. The summed E-state index contributed by atoms with van der Waals surface area (Å²) in [6.07, 6.45) is 9.19. The van der Waals surface area contributed by atoms with Crippen LogP contribution in [0.3, 0.4) is 0 Å². The largest absolute Gasteiger partial charge is 0.486 e.